The van der Waals surface area contributed by atoms with Gasteiger partial charge < -0.3 is 91.5 Å². The van der Waals surface area contributed by atoms with E-state index in [0.29, 0.717) is 137 Å². The lowest BCUT2D eigenvalue weighted by atomic mass is 10.0. The standard InChI is InChI=1S/C56H99N5O20S/c1-57-55(65)81-50(45-15-17-46(18-16-45)80-56(66)60(4)22-13-21-59(2)3)14-10-9-11-37-82-51-38-53(63)61(54(51)64)23-19-52(62)58-20-12-24-71-39-47(79-36-33-76-44-49(78-35-28-70-8)41-73-30-26-68-6)42-74-31-32-75-43-48(77-34-27-69-7)40-72-29-25-67-5/h15-18,47-51H,9-14,19-44H2,1-8H3,(H,57,65)(H,58,62)/t47?,48?,49?,50-,51?/m0/s1. The second kappa shape index (κ2) is 49.4. The molecule has 0 bridgehead atoms. The normalized spacial score (nSPS) is 15.0. The molecule has 82 heavy (non-hydrogen) atoms. The highest BCUT2D eigenvalue weighted by Gasteiger charge is 2.38. The fourth-order valence-corrected chi connectivity index (χ4v) is 8.86. The Bertz CT molecular complexity index is 1800. The highest BCUT2D eigenvalue weighted by molar-refractivity contribution is 8.00. The van der Waals surface area contributed by atoms with Crippen molar-refractivity contribution in [1.29, 1.82) is 0 Å². The summed E-state index contributed by atoms with van der Waals surface area (Å²) in [7, 11) is 13.6. The number of amides is 5. The zero-order chi connectivity index (χ0) is 59.8. The predicted molar refractivity (Wildman–Crippen MR) is 306 cm³/mol. The molecule has 1 fully saturated rings. The molecule has 0 spiro atoms. The Kier molecular flexibility index (Phi) is 44.8. The molecule has 2 rings (SSSR count). The first-order valence-electron chi connectivity index (χ1n) is 28.4. The molecule has 0 saturated carbocycles. The van der Waals surface area contributed by atoms with Gasteiger partial charge in [-0.25, -0.2) is 9.59 Å². The van der Waals surface area contributed by atoms with Gasteiger partial charge in [0.2, 0.25) is 17.7 Å². The molecule has 2 N–H and O–H groups in total. The van der Waals surface area contributed by atoms with Gasteiger partial charge in [0.15, 0.2) is 0 Å². The van der Waals surface area contributed by atoms with E-state index in [1.54, 1.807) is 59.8 Å². The molecule has 1 heterocycles. The molecule has 1 saturated heterocycles. The second-order valence-electron chi connectivity index (χ2n) is 19.3. The maximum atomic E-state index is 13.2. The molecule has 0 radical (unpaired) electrons. The van der Waals surface area contributed by atoms with Crippen molar-refractivity contribution in [1.82, 2.24) is 25.3 Å². The van der Waals surface area contributed by atoms with Crippen LogP contribution in [0.3, 0.4) is 0 Å². The molecule has 5 atom stereocenters. The highest BCUT2D eigenvalue weighted by Crippen LogP contribution is 2.29. The number of alkyl carbamates (subject to hydrolysis) is 1. The van der Waals surface area contributed by atoms with E-state index in [-0.39, 0.29) is 75.7 Å². The van der Waals surface area contributed by atoms with Crippen LogP contribution >= 0.6 is 11.8 Å². The smallest absolute Gasteiger partial charge is 0.414 e. The summed E-state index contributed by atoms with van der Waals surface area (Å²) >= 11 is 1.44. The van der Waals surface area contributed by atoms with E-state index >= 15 is 0 Å². The molecular weight excluding hydrogens is 1090 g/mol. The Morgan fingerprint density at radius 1 is 0.622 bits per heavy atom. The number of nitrogens with zero attached hydrogens (tertiary/aromatic N) is 3. The van der Waals surface area contributed by atoms with Crippen molar-refractivity contribution in [2.75, 3.05) is 214 Å². The lowest BCUT2D eigenvalue weighted by Gasteiger charge is -2.21. The number of hydrogen-bond donors (Lipinski definition) is 2. The van der Waals surface area contributed by atoms with Crippen LogP contribution in [0.4, 0.5) is 9.59 Å². The summed E-state index contributed by atoms with van der Waals surface area (Å²) in [6.45, 7) is 8.53. The molecule has 0 aromatic heterocycles. The predicted octanol–water partition coefficient (Wildman–Crippen LogP) is 3.62. The van der Waals surface area contributed by atoms with Gasteiger partial charge in [-0.3, -0.25) is 19.3 Å². The number of carbonyl (C=O) groups is 5. The zero-order valence-electron chi connectivity index (χ0n) is 50.2. The third kappa shape index (κ3) is 36.8. The van der Waals surface area contributed by atoms with Crippen LogP contribution in [-0.2, 0) is 80.7 Å². The zero-order valence-corrected chi connectivity index (χ0v) is 51.1. The van der Waals surface area contributed by atoms with Crippen LogP contribution in [0, 0.1) is 0 Å². The minimum atomic E-state index is -0.556. The summed E-state index contributed by atoms with van der Waals surface area (Å²) in [5, 5.41) is 4.85. The summed E-state index contributed by atoms with van der Waals surface area (Å²) in [5.74, 6) is 0.198. The summed E-state index contributed by atoms with van der Waals surface area (Å²) in [6, 6.07) is 6.93. The van der Waals surface area contributed by atoms with Gasteiger partial charge in [0, 0.05) is 81.6 Å². The van der Waals surface area contributed by atoms with Crippen molar-refractivity contribution in [2.24, 2.45) is 0 Å². The Morgan fingerprint density at radius 3 is 1.65 bits per heavy atom. The molecule has 474 valence electrons. The first kappa shape index (κ1) is 74.3. The summed E-state index contributed by atoms with van der Waals surface area (Å²) in [6.07, 6.45) is 1.75. The van der Waals surface area contributed by atoms with E-state index in [4.69, 9.17) is 71.1 Å². The van der Waals surface area contributed by atoms with E-state index in [1.807, 2.05) is 14.1 Å². The number of ether oxygens (including phenoxy) is 15. The Morgan fingerprint density at radius 2 is 1.12 bits per heavy atom. The number of benzene rings is 1. The van der Waals surface area contributed by atoms with E-state index in [2.05, 4.69) is 15.5 Å². The average molecular weight is 1190 g/mol. The fourth-order valence-electron chi connectivity index (χ4n) is 7.68. The van der Waals surface area contributed by atoms with E-state index in [1.165, 1.54) is 28.6 Å². The van der Waals surface area contributed by atoms with Crippen LogP contribution in [-0.4, -0.2) is 282 Å². The molecule has 25 nitrogen and oxygen atoms in total. The number of hydrogen-bond acceptors (Lipinski definition) is 22. The first-order valence-corrected chi connectivity index (χ1v) is 29.5. The van der Waals surface area contributed by atoms with Crippen molar-refractivity contribution >= 4 is 41.7 Å². The monoisotopic (exact) mass is 1190 g/mol. The molecule has 0 aliphatic carbocycles. The molecule has 1 aromatic carbocycles. The minimum absolute atomic E-state index is 0.00474. The maximum absolute atomic E-state index is 13.2. The summed E-state index contributed by atoms with van der Waals surface area (Å²) in [4.78, 5) is 68.4. The lowest BCUT2D eigenvalue weighted by Crippen LogP contribution is -2.36. The second-order valence-corrected chi connectivity index (χ2v) is 20.6. The van der Waals surface area contributed by atoms with Gasteiger partial charge in [0.1, 0.15) is 30.2 Å². The van der Waals surface area contributed by atoms with E-state index < -0.39 is 29.6 Å². The number of methoxy groups -OCH3 is 4. The molecule has 5 amide bonds. The lowest BCUT2D eigenvalue weighted by molar-refractivity contribution is -0.138. The van der Waals surface area contributed by atoms with Gasteiger partial charge in [0.25, 0.3) is 0 Å². The quantitative estimate of drug-likeness (QED) is 0.0697. The van der Waals surface area contributed by atoms with Gasteiger partial charge in [-0.1, -0.05) is 18.6 Å². The molecule has 1 aliphatic rings. The van der Waals surface area contributed by atoms with Crippen molar-refractivity contribution in [3.63, 3.8) is 0 Å². The topological polar surface area (TPSA) is 258 Å². The number of likely N-dealkylation sites (tertiary alicyclic amines) is 1. The van der Waals surface area contributed by atoms with Crippen LogP contribution < -0.4 is 15.4 Å². The van der Waals surface area contributed by atoms with Crippen molar-refractivity contribution in [3.8, 4) is 5.75 Å². The summed E-state index contributed by atoms with van der Waals surface area (Å²) in [5.41, 5.74) is 0.765. The van der Waals surface area contributed by atoms with Crippen LogP contribution in [0.5, 0.6) is 5.75 Å². The third-order valence-electron chi connectivity index (χ3n) is 12.2. The van der Waals surface area contributed by atoms with Crippen LogP contribution in [0.1, 0.15) is 63.0 Å². The van der Waals surface area contributed by atoms with E-state index in [9.17, 15) is 24.0 Å². The number of carbonyl (C=O) groups excluding carboxylic acids is 5. The van der Waals surface area contributed by atoms with E-state index in [0.717, 1.165) is 37.8 Å². The van der Waals surface area contributed by atoms with Gasteiger partial charge in [0.05, 0.1) is 124 Å². The molecule has 4 unspecified atom stereocenters. The van der Waals surface area contributed by atoms with Gasteiger partial charge in [-0.2, -0.15) is 0 Å². The molecule has 1 aliphatic heterocycles. The Hall–Kier alpha value is -3.84. The first-order chi connectivity index (χ1) is 39.8. The van der Waals surface area contributed by atoms with Crippen LogP contribution in [0.15, 0.2) is 24.3 Å². The minimum Gasteiger partial charge on any atom is -0.441 e. The highest BCUT2D eigenvalue weighted by atomic mass is 32.2. The largest absolute Gasteiger partial charge is 0.441 e. The van der Waals surface area contributed by atoms with Crippen molar-refractivity contribution in [2.45, 2.75) is 81.0 Å². The maximum Gasteiger partial charge on any atom is 0.414 e. The van der Waals surface area contributed by atoms with Crippen LogP contribution in [0.25, 0.3) is 0 Å². The number of rotatable bonds is 54. The number of nitrogens with one attached hydrogen (secondary N) is 2. The molecule has 1 aromatic rings. The van der Waals surface area contributed by atoms with Crippen molar-refractivity contribution < 1.29 is 95.0 Å². The SMILES string of the molecule is CNC(=O)O[C@@H](CCCCCSC1CC(=O)N(CCC(=O)NCCCOCC(COCCOCC(COCCOC)OCCOC)OCCOCC(COCCOC)OCCOC)C1=O)c1ccc(OC(=O)N(C)CCCN(C)C)cc1. The Labute approximate surface area is 491 Å². The third-order valence-corrected chi connectivity index (χ3v) is 13.5. The van der Waals surface area contributed by atoms with Gasteiger partial charge in [-0.05, 0) is 76.2 Å². The van der Waals surface area contributed by atoms with Crippen LogP contribution in [0.2, 0.25) is 0 Å². The molecular formula is C56H99N5O20S. The number of imide groups is 1. The van der Waals surface area contributed by atoms with Crippen molar-refractivity contribution in [3.05, 3.63) is 29.8 Å². The fraction of sp³-hybridized carbons (Fsp3) is 0.804. The Balaban J connectivity index is 1.76. The summed E-state index contributed by atoms with van der Waals surface area (Å²) < 4.78 is 84.1. The number of unbranched alkanes of at least 4 members (excludes halogenated alkanes) is 2. The van der Waals surface area contributed by atoms with Gasteiger partial charge >= 0.3 is 12.2 Å². The average Bonchev–Trinajstić information content (AvgIpc) is 3.81. The van der Waals surface area contributed by atoms with Gasteiger partial charge in [-0.15, -0.1) is 11.8 Å². The molecule has 26 heteroatoms. The number of thioether (sulfide) groups is 1.